The van der Waals surface area contributed by atoms with Crippen LogP contribution in [0.3, 0.4) is 0 Å². The van der Waals surface area contributed by atoms with E-state index in [1.54, 1.807) is 47.5 Å². The molecule has 2 heterocycles. The number of carbonyl (C=O) groups excluding carboxylic acids is 1. The zero-order valence-electron chi connectivity index (χ0n) is 13.0. The van der Waals surface area contributed by atoms with Gasteiger partial charge in [-0.05, 0) is 19.1 Å². The van der Waals surface area contributed by atoms with Crippen molar-refractivity contribution >= 4 is 28.9 Å². The molecular formula is C16H14N4O3S. The average molecular weight is 342 g/mol. The predicted molar refractivity (Wildman–Crippen MR) is 90.4 cm³/mol. The fourth-order valence-electron chi connectivity index (χ4n) is 2.24. The van der Waals surface area contributed by atoms with Crippen LogP contribution in [0, 0.1) is 6.92 Å². The first kappa shape index (κ1) is 15.9. The van der Waals surface area contributed by atoms with E-state index < -0.39 is 5.97 Å². The Morgan fingerprint density at radius 1 is 1.21 bits per heavy atom. The molecule has 2 aromatic heterocycles. The number of thiazole rings is 1. The number of hydrogen-bond donors (Lipinski definition) is 2. The molecule has 0 aliphatic carbocycles. The van der Waals surface area contributed by atoms with E-state index in [0.29, 0.717) is 17.2 Å². The number of aromatic nitrogens is 3. The van der Waals surface area contributed by atoms with Crippen molar-refractivity contribution in [2.75, 3.05) is 5.32 Å². The lowest BCUT2D eigenvalue weighted by Gasteiger charge is -2.05. The number of anilines is 1. The van der Waals surface area contributed by atoms with Crippen molar-refractivity contribution in [1.82, 2.24) is 14.5 Å². The van der Waals surface area contributed by atoms with Gasteiger partial charge in [-0.15, -0.1) is 11.3 Å². The number of hydrogen-bond acceptors (Lipinski definition) is 5. The molecule has 1 amide bonds. The molecule has 0 atom stereocenters. The monoisotopic (exact) mass is 342 g/mol. The van der Waals surface area contributed by atoms with Crippen molar-refractivity contribution in [3.05, 3.63) is 52.4 Å². The number of nitrogens with zero attached hydrogens (tertiary/aromatic N) is 3. The van der Waals surface area contributed by atoms with Gasteiger partial charge >= 0.3 is 5.97 Å². The van der Waals surface area contributed by atoms with E-state index in [4.69, 9.17) is 5.11 Å². The van der Waals surface area contributed by atoms with E-state index >= 15 is 0 Å². The predicted octanol–water partition coefficient (Wildman–Crippen LogP) is 2.80. The number of benzene rings is 1. The lowest BCUT2D eigenvalue weighted by Crippen LogP contribution is -2.16. The van der Waals surface area contributed by atoms with Gasteiger partial charge in [0.15, 0.2) is 5.82 Å². The summed E-state index contributed by atoms with van der Waals surface area (Å²) < 4.78 is 1.67. The molecule has 1 aromatic carbocycles. The lowest BCUT2D eigenvalue weighted by molar-refractivity contribution is 0.0696. The summed E-state index contributed by atoms with van der Waals surface area (Å²) in [5, 5.41) is 13.4. The van der Waals surface area contributed by atoms with Gasteiger partial charge in [0.2, 0.25) is 5.01 Å². The third-order valence-corrected chi connectivity index (χ3v) is 4.16. The number of carboxylic acid groups (broad SMARTS) is 1. The summed E-state index contributed by atoms with van der Waals surface area (Å²) in [5.41, 5.74) is 2.77. The van der Waals surface area contributed by atoms with Gasteiger partial charge in [-0.25, -0.2) is 14.8 Å². The van der Waals surface area contributed by atoms with Crippen LogP contribution >= 0.6 is 11.3 Å². The summed E-state index contributed by atoms with van der Waals surface area (Å²) in [6, 6.07) is 7.03. The van der Waals surface area contributed by atoms with Crippen LogP contribution in [0.5, 0.6) is 0 Å². The normalized spacial score (nSPS) is 10.6. The van der Waals surface area contributed by atoms with Gasteiger partial charge in [0.25, 0.3) is 5.91 Å². The standard InChI is InChI=1S/C16H14N4O3S/c1-9-7-20(2)13(17-9)14(21)18-11-5-3-10(4-6-11)12-8-24-15(19-12)16(22)23/h3-8H,1-2H3,(H,18,21)(H,22,23). The minimum absolute atomic E-state index is 0.0486. The second-order valence-corrected chi connectivity index (χ2v) is 6.05. The van der Waals surface area contributed by atoms with Crippen molar-refractivity contribution in [1.29, 1.82) is 0 Å². The van der Waals surface area contributed by atoms with Crippen molar-refractivity contribution in [3.8, 4) is 11.3 Å². The van der Waals surface area contributed by atoms with Gasteiger partial charge in [-0.1, -0.05) is 12.1 Å². The molecule has 0 unspecified atom stereocenters. The van der Waals surface area contributed by atoms with E-state index in [9.17, 15) is 9.59 Å². The van der Waals surface area contributed by atoms with E-state index in [0.717, 1.165) is 22.6 Å². The molecule has 0 fully saturated rings. The molecule has 3 rings (SSSR count). The molecule has 8 heteroatoms. The fraction of sp³-hybridized carbons (Fsp3) is 0.125. The smallest absolute Gasteiger partial charge is 0.365 e. The van der Waals surface area contributed by atoms with Crippen molar-refractivity contribution < 1.29 is 14.7 Å². The van der Waals surface area contributed by atoms with Crippen LogP contribution in [0.25, 0.3) is 11.3 Å². The maximum Gasteiger partial charge on any atom is 0.365 e. The third kappa shape index (κ3) is 3.18. The fourth-order valence-corrected chi connectivity index (χ4v) is 2.91. The van der Waals surface area contributed by atoms with Gasteiger partial charge < -0.3 is 15.0 Å². The largest absolute Gasteiger partial charge is 0.476 e. The molecule has 0 bridgehead atoms. The maximum absolute atomic E-state index is 12.2. The number of imidazole rings is 1. The van der Waals surface area contributed by atoms with Gasteiger partial charge in [0.05, 0.1) is 11.4 Å². The van der Waals surface area contributed by atoms with Gasteiger partial charge in [-0.2, -0.15) is 0 Å². The molecule has 24 heavy (non-hydrogen) atoms. The van der Waals surface area contributed by atoms with Crippen LogP contribution in [0.4, 0.5) is 5.69 Å². The second kappa shape index (κ2) is 6.25. The highest BCUT2D eigenvalue weighted by Gasteiger charge is 2.13. The summed E-state index contributed by atoms with van der Waals surface area (Å²) in [6.07, 6.45) is 1.78. The Morgan fingerprint density at radius 3 is 2.46 bits per heavy atom. The Labute approximate surface area is 141 Å². The van der Waals surface area contributed by atoms with Gasteiger partial charge in [-0.3, -0.25) is 4.79 Å². The SMILES string of the molecule is Cc1cn(C)c(C(=O)Nc2ccc(-c3csc(C(=O)O)n3)cc2)n1. The van der Waals surface area contributed by atoms with E-state index in [1.807, 2.05) is 6.92 Å². The summed E-state index contributed by atoms with van der Waals surface area (Å²) >= 11 is 1.08. The summed E-state index contributed by atoms with van der Waals surface area (Å²) in [7, 11) is 1.76. The molecule has 0 saturated carbocycles. The number of carboxylic acids is 1. The van der Waals surface area contributed by atoms with Crippen LogP contribution < -0.4 is 5.32 Å². The maximum atomic E-state index is 12.2. The third-order valence-electron chi connectivity index (χ3n) is 3.33. The molecule has 0 spiro atoms. The average Bonchev–Trinajstić information content (AvgIpc) is 3.15. The second-order valence-electron chi connectivity index (χ2n) is 5.19. The summed E-state index contributed by atoms with van der Waals surface area (Å²) in [5.74, 6) is -0.997. The van der Waals surface area contributed by atoms with Crippen LogP contribution in [-0.2, 0) is 7.05 Å². The molecule has 3 aromatic rings. The van der Waals surface area contributed by atoms with E-state index in [1.165, 1.54) is 0 Å². The van der Waals surface area contributed by atoms with Crippen LogP contribution in [0.1, 0.15) is 26.1 Å². The zero-order valence-corrected chi connectivity index (χ0v) is 13.8. The summed E-state index contributed by atoms with van der Waals surface area (Å²) in [6.45, 7) is 1.82. The number of aromatic carboxylic acids is 1. The molecular weight excluding hydrogens is 328 g/mol. The number of carbonyl (C=O) groups is 2. The number of rotatable bonds is 4. The topological polar surface area (TPSA) is 97.1 Å². The van der Waals surface area contributed by atoms with Crippen molar-refractivity contribution in [3.63, 3.8) is 0 Å². The molecule has 0 radical (unpaired) electrons. The highest BCUT2D eigenvalue weighted by molar-refractivity contribution is 7.11. The van der Waals surface area contributed by atoms with Crippen molar-refractivity contribution in [2.24, 2.45) is 7.05 Å². The molecule has 7 nitrogen and oxygen atoms in total. The Kier molecular flexibility index (Phi) is 4.13. The van der Waals surface area contributed by atoms with Crippen LogP contribution in [0.2, 0.25) is 0 Å². The summed E-state index contributed by atoms with van der Waals surface area (Å²) in [4.78, 5) is 31.3. The molecule has 0 aliphatic rings. The zero-order chi connectivity index (χ0) is 17.3. The van der Waals surface area contributed by atoms with Gasteiger partial charge in [0, 0.05) is 29.9 Å². The first-order valence-electron chi connectivity index (χ1n) is 7.04. The minimum atomic E-state index is -1.04. The Bertz CT molecular complexity index is 912. The van der Waals surface area contributed by atoms with E-state index in [2.05, 4.69) is 15.3 Å². The number of amides is 1. The number of aryl methyl sites for hydroxylation is 2. The first-order valence-corrected chi connectivity index (χ1v) is 7.92. The Hall–Kier alpha value is -3.00. The quantitative estimate of drug-likeness (QED) is 0.760. The first-order chi connectivity index (χ1) is 11.4. The molecule has 0 saturated heterocycles. The molecule has 2 N–H and O–H groups in total. The number of nitrogens with one attached hydrogen (secondary N) is 1. The van der Waals surface area contributed by atoms with Crippen LogP contribution in [-0.4, -0.2) is 31.5 Å². The lowest BCUT2D eigenvalue weighted by atomic mass is 10.1. The van der Waals surface area contributed by atoms with E-state index in [-0.39, 0.29) is 10.9 Å². The highest BCUT2D eigenvalue weighted by Crippen LogP contribution is 2.23. The van der Waals surface area contributed by atoms with Crippen LogP contribution in [0.15, 0.2) is 35.8 Å². The Morgan fingerprint density at radius 2 is 1.92 bits per heavy atom. The Balaban J connectivity index is 1.75. The molecule has 0 aliphatic heterocycles. The minimum Gasteiger partial charge on any atom is -0.476 e. The highest BCUT2D eigenvalue weighted by atomic mass is 32.1. The molecule has 122 valence electrons. The van der Waals surface area contributed by atoms with Gasteiger partial charge in [0.1, 0.15) is 0 Å². The van der Waals surface area contributed by atoms with Crippen molar-refractivity contribution in [2.45, 2.75) is 6.92 Å².